The van der Waals surface area contributed by atoms with Gasteiger partial charge in [0.2, 0.25) is 0 Å². The number of aliphatic hydroxyl groups excluding tert-OH is 1. The van der Waals surface area contributed by atoms with Gasteiger partial charge in [-0.3, -0.25) is 0 Å². The smallest absolute Gasteiger partial charge is 0.0943 e. The van der Waals surface area contributed by atoms with Crippen molar-refractivity contribution in [2.24, 2.45) is 0 Å². The van der Waals surface area contributed by atoms with Crippen LogP contribution in [0.2, 0.25) is 0 Å². The Bertz CT molecular complexity index is 435. The van der Waals surface area contributed by atoms with E-state index in [1.165, 1.54) is 35.1 Å². The standard InChI is InChI=1S/C18H28O2/c1-5-20-18(8-6-7-9-18)17(19)12-16-14(3)10-13(2)11-15(16)4/h10-11,17,19H,5-9,12H2,1-4H3. The average Bonchev–Trinajstić information content (AvgIpc) is 2.83. The highest BCUT2D eigenvalue weighted by Gasteiger charge is 2.41. The summed E-state index contributed by atoms with van der Waals surface area (Å²) in [5, 5.41) is 10.8. The van der Waals surface area contributed by atoms with Crippen LogP contribution in [0.25, 0.3) is 0 Å². The van der Waals surface area contributed by atoms with Gasteiger partial charge in [-0.2, -0.15) is 0 Å². The van der Waals surface area contributed by atoms with Crippen LogP contribution in [0.5, 0.6) is 0 Å². The molecule has 2 heteroatoms. The molecule has 0 heterocycles. The molecule has 1 saturated carbocycles. The molecule has 0 bridgehead atoms. The van der Waals surface area contributed by atoms with Gasteiger partial charge in [-0.05, 0) is 57.2 Å². The third-order valence-corrected chi connectivity index (χ3v) is 4.73. The highest BCUT2D eigenvalue weighted by Crippen LogP contribution is 2.38. The number of ether oxygens (including phenoxy) is 1. The molecular formula is C18H28O2. The van der Waals surface area contributed by atoms with Crippen LogP contribution in [0.3, 0.4) is 0 Å². The molecule has 0 spiro atoms. The zero-order valence-corrected chi connectivity index (χ0v) is 13.3. The summed E-state index contributed by atoms with van der Waals surface area (Å²) in [7, 11) is 0. The topological polar surface area (TPSA) is 29.5 Å². The van der Waals surface area contributed by atoms with Gasteiger partial charge in [-0.25, -0.2) is 0 Å². The van der Waals surface area contributed by atoms with E-state index in [9.17, 15) is 5.11 Å². The molecule has 112 valence electrons. The number of aliphatic hydroxyl groups is 1. The van der Waals surface area contributed by atoms with Crippen molar-refractivity contribution in [3.63, 3.8) is 0 Å². The van der Waals surface area contributed by atoms with Gasteiger partial charge >= 0.3 is 0 Å². The van der Waals surface area contributed by atoms with E-state index < -0.39 is 6.10 Å². The summed E-state index contributed by atoms with van der Waals surface area (Å²) in [5.41, 5.74) is 4.84. The fraction of sp³-hybridized carbons (Fsp3) is 0.667. The van der Waals surface area contributed by atoms with Gasteiger partial charge in [0.1, 0.15) is 0 Å². The van der Waals surface area contributed by atoms with E-state index in [1.807, 2.05) is 6.92 Å². The summed E-state index contributed by atoms with van der Waals surface area (Å²) < 4.78 is 5.98. The minimum Gasteiger partial charge on any atom is -0.390 e. The third-order valence-electron chi connectivity index (χ3n) is 4.73. The van der Waals surface area contributed by atoms with Crippen LogP contribution in [0.15, 0.2) is 12.1 Å². The van der Waals surface area contributed by atoms with Gasteiger partial charge in [-0.1, -0.05) is 30.5 Å². The van der Waals surface area contributed by atoms with Crippen molar-refractivity contribution in [2.45, 2.75) is 71.5 Å². The number of hydrogen-bond donors (Lipinski definition) is 1. The Morgan fingerprint density at radius 1 is 1.15 bits per heavy atom. The normalized spacial score (nSPS) is 19.2. The minimum atomic E-state index is -0.398. The average molecular weight is 276 g/mol. The number of hydrogen-bond acceptors (Lipinski definition) is 2. The predicted molar refractivity (Wildman–Crippen MR) is 83.2 cm³/mol. The largest absolute Gasteiger partial charge is 0.390 e. The first-order valence-corrected chi connectivity index (χ1v) is 7.87. The van der Waals surface area contributed by atoms with Crippen LogP contribution in [0, 0.1) is 20.8 Å². The fourth-order valence-electron chi connectivity index (χ4n) is 3.75. The second-order valence-corrected chi connectivity index (χ2v) is 6.30. The molecule has 0 amide bonds. The molecule has 1 aliphatic carbocycles. The van der Waals surface area contributed by atoms with Crippen molar-refractivity contribution < 1.29 is 9.84 Å². The Hall–Kier alpha value is -0.860. The van der Waals surface area contributed by atoms with Gasteiger partial charge in [0.05, 0.1) is 11.7 Å². The molecule has 1 aliphatic rings. The zero-order chi connectivity index (χ0) is 14.8. The first-order chi connectivity index (χ1) is 9.48. The molecule has 0 saturated heterocycles. The van der Waals surface area contributed by atoms with Crippen molar-refractivity contribution in [3.05, 3.63) is 34.4 Å². The van der Waals surface area contributed by atoms with E-state index >= 15 is 0 Å². The second-order valence-electron chi connectivity index (χ2n) is 6.30. The Morgan fingerprint density at radius 3 is 2.20 bits per heavy atom. The summed E-state index contributed by atoms with van der Waals surface area (Å²) in [4.78, 5) is 0. The van der Waals surface area contributed by atoms with E-state index in [0.29, 0.717) is 13.0 Å². The highest BCUT2D eigenvalue weighted by molar-refractivity contribution is 5.38. The summed E-state index contributed by atoms with van der Waals surface area (Å²) >= 11 is 0. The van der Waals surface area contributed by atoms with Crippen LogP contribution in [-0.4, -0.2) is 23.4 Å². The lowest BCUT2D eigenvalue weighted by molar-refractivity contribution is -0.115. The van der Waals surface area contributed by atoms with Crippen LogP contribution in [-0.2, 0) is 11.2 Å². The van der Waals surface area contributed by atoms with E-state index in [0.717, 1.165) is 12.8 Å². The van der Waals surface area contributed by atoms with E-state index in [4.69, 9.17) is 4.74 Å². The monoisotopic (exact) mass is 276 g/mol. The summed E-state index contributed by atoms with van der Waals surface area (Å²) in [6, 6.07) is 4.41. The molecule has 20 heavy (non-hydrogen) atoms. The van der Waals surface area contributed by atoms with Crippen molar-refractivity contribution in [3.8, 4) is 0 Å². The molecule has 1 aromatic carbocycles. The van der Waals surface area contributed by atoms with Gasteiger partial charge in [0.15, 0.2) is 0 Å². The molecular weight excluding hydrogens is 248 g/mol. The molecule has 0 aromatic heterocycles. The molecule has 1 atom stereocenters. The van der Waals surface area contributed by atoms with Crippen molar-refractivity contribution in [1.82, 2.24) is 0 Å². The molecule has 1 N–H and O–H groups in total. The molecule has 0 aliphatic heterocycles. The fourth-order valence-corrected chi connectivity index (χ4v) is 3.75. The molecule has 2 nitrogen and oxygen atoms in total. The molecule has 1 aromatic rings. The van der Waals surface area contributed by atoms with Gasteiger partial charge in [0.25, 0.3) is 0 Å². The highest BCUT2D eigenvalue weighted by atomic mass is 16.5. The Balaban J connectivity index is 2.20. The van der Waals surface area contributed by atoms with Crippen LogP contribution < -0.4 is 0 Å². The number of aryl methyl sites for hydroxylation is 3. The third kappa shape index (κ3) is 3.07. The van der Waals surface area contributed by atoms with Gasteiger partial charge < -0.3 is 9.84 Å². The lowest BCUT2D eigenvalue weighted by Gasteiger charge is -2.34. The maximum atomic E-state index is 10.8. The van der Waals surface area contributed by atoms with Crippen molar-refractivity contribution >= 4 is 0 Å². The molecule has 2 rings (SSSR count). The van der Waals surface area contributed by atoms with Gasteiger partial charge in [-0.15, -0.1) is 0 Å². The van der Waals surface area contributed by atoms with E-state index in [-0.39, 0.29) is 5.60 Å². The Labute approximate surface area is 123 Å². The Kier molecular flexibility index (Phi) is 4.87. The molecule has 1 unspecified atom stereocenters. The van der Waals surface area contributed by atoms with Gasteiger partial charge in [0, 0.05) is 13.0 Å². The van der Waals surface area contributed by atoms with Crippen LogP contribution >= 0.6 is 0 Å². The lowest BCUT2D eigenvalue weighted by Crippen LogP contribution is -2.44. The predicted octanol–water partition coefficient (Wildman–Crippen LogP) is 3.86. The molecule has 0 radical (unpaired) electrons. The van der Waals surface area contributed by atoms with E-state index in [1.54, 1.807) is 0 Å². The first-order valence-electron chi connectivity index (χ1n) is 7.87. The van der Waals surface area contributed by atoms with Crippen LogP contribution in [0.4, 0.5) is 0 Å². The Morgan fingerprint density at radius 2 is 1.70 bits per heavy atom. The quantitative estimate of drug-likeness (QED) is 0.884. The second kappa shape index (κ2) is 6.28. The maximum Gasteiger partial charge on any atom is 0.0943 e. The lowest BCUT2D eigenvalue weighted by atomic mass is 9.86. The summed E-state index contributed by atoms with van der Waals surface area (Å²) in [6.07, 6.45) is 4.63. The molecule has 1 fully saturated rings. The first kappa shape index (κ1) is 15.5. The zero-order valence-electron chi connectivity index (χ0n) is 13.3. The van der Waals surface area contributed by atoms with Crippen LogP contribution in [0.1, 0.15) is 54.9 Å². The number of rotatable bonds is 5. The number of benzene rings is 1. The maximum absolute atomic E-state index is 10.8. The SMILES string of the molecule is CCOC1(C(O)Cc2c(C)cc(C)cc2C)CCCC1. The minimum absolute atomic E-state index is 0.307. The summed E-state index contributed by atoms with van der Waals surface area (Å²) in [6.45, 7) is 9.12. The van der Waals surface area contributed by atoms with Crippen molar-refractivity contribution in [2.75, 3.05) is 6.61 Å². The van der Waals surface area contributed by atoms with E-state index in [2.05, 4.69) is 32.9 Å². The summed E-state index contributed by atoms with van der Waals surface area (Å²) in [5.74, 6) is 0. The van der Waals surface area contributed by atoms with Crippen molar-refractivity contribution in [1.29, 1.82) is 0 Å².